The number of fused-ring (bicyclic) bond motifs is 1. The molecule has 1 aliphatic heterocycles. The highest BCUT2D eigenvalue weighted by molar-refractivity contribution is 5.89. The van der Waals surface area contributed by atoms with Crippen molar-refractivity contribution in [2.45, 2.75) is 13.8 Å². The zero-order valence-corrected chi connectivity index (χ0v) is 15.0. The molecule has 0 bridgehead atoms. The highest BCUT2D eigenvalue weighted by Crippen LogP contribution is 2.43. The van der Waals surface area contributed by atoms with Gasteiger partial charge in [0.2, 0.25) is 0 Å². The van der Waals surface area contributed by atoms with Crippen LogP contribution in [0.3, 0.4) is 0 Å². The Hall–Kier alpha value is -2.81. The fraction of sp³-hybridized carbons (Fsp3) is 0.182. The van der Waals surface area contributed by atoms with Crippen LogP contribution in [0.1, 0.15) is 19.4 Å². The van der Waals surface area contributed by atoms with E-state index in [0.29, 0.717) is 5.56 Å². The van der Waals surface area contributed by atoms with E-state index >= 15 is 0 Å². The lowest BCUT2D eigenvalue weighted by atomic mass is 9.90. The summed E-state index contributed by atoms with van der Waals surface area (Å²) < 4.78 is 14.5. The predicted molar refractivity (Wildman–Crippen MR) is 105 cm³/mol. The van der Waals surface area contributed by atoms with Gasteiger partial charge >= 0.3 is 0 Å². The highest BCUT2D eigenvalue weighted by Gasteiger charge is 2.28. The quantitative estimate of drug-likeness (QED) is 0.718. The predicted octanol–water partition coefficient (Wildman–Crippen LogP) is 5.60. The standard InChI is InChI=1S/C22H23FN2/c1-6-25(18-11-8-7-9-12-18)17(4)21-15(2)22-19(23)13-10-14-20(22)24(5)16(21)3/h7-14H,3-4,6H2,1-2,5H3. The number of hydrogen-bond donors (Lipinski definition) is 0. The summed E-state index contributed by atoms with van der Waals surface area (Å²) in [4.78, 5) is 4.06. The minimum Gasteiger partial charge on any atom is -0.344 e. The Morgan fingerprint density at radius 2 is 1.80 bits per heavy atom. The van der Waals surface area contributed by atoms with Gasteiger partial charge in [-0.1, -0.05) is 37.4 Å². The summed E-state index contributed by atoms with van der Waals surface area (Å²) in [5.41, 5.74) is 5.94. The van der Waals surface area contributed by atoms with Crippen LogP contribution in [-0.4, -0.2) is 13.6 Å². The molecule has 2 aromatic rings. The van der Waals surface area contributed by atoms with E-state index in [-0.39, 0.29) is 5.82 Å². The molecule has 0 spiro atoms. The van der Waals surface area contributed by atoms with Crippen LogP contribution in [0.25, 0.3) is 5.57 Å². The van der Waals surface area contributed by atoms with Crippen molar-refractivity contribution in [3.05, 3.63) is 90.0 Å². The first-order valence-electron chi connectivity index (χ1n) is 8.42. The summed E-state index contributed by atoms with van der Waals surface area (Å²) in [7, 11) is 1.92. The van der Waals surface area contributed by atoms with Gasteiger partial charge in [0, 0.05) is 41.8 Å². The summed E-state index contributed by atoms with van der Waals surface area (Å²) in [6.07, 6.45) is 0. The van der Waals surface area contributed by atoms with E-state index < -0.39 is 0 Å². The molecule has 0 N–H and O–H groups in total. The number of rotatable bonds is 4. The average Bonchev–Trinajstić information content (AvgIpc) is 2.61. The summed E-state index contributed by atoms with van der Waals surface area (Å²) >= 11 is 0. The third-order valence-corrected chi connectivity index (χ3v) is 4.79. The average molecular weight is 334 g/mol. The normalized spacial score (nSPS) is 13.8. The second-order valence-electron chi connectivity index (χ2n) is 6.17. The van der Waals surface area contributed by atoms with Crippen LogP contribution in [0.2, 0.25) is 0 Å². The lowest BCUT2D eigenvalue weighted by Gasteiger charge is -2.36. The van der Waals surface area contributed by atoms with Gasteiger partial charge in [0.15, 0.2) is 0 Å². The fourth-order valence-corrected chi connectivity index (χ4v) is 3.47. The van der Waals surface area contributed by atoms with Gasteiger partial charge in [0.1, 0.15) is 5.82 Å². The van der Waals surface area contributed by atoms with Crippen molar-refractivity contribution in [1.82, 2.24) is 0 Å². The Morgan fingerprint density at radius 3 is 2.44 bits per heavy atom. The van der Waals surface area contributed by atoms with Crippen molar-refractivity contribution in [3.63, 3.8) is 0 Å². The number of likely N-dealkylation sites (N-methyl/N-ethyl adjacent to an activating group) is 2. The first kappa shape index (κ1) is 17.0. The van der Waals surface area contributed by atoms with E-state index in [9.17, 15) is 4.39 Å². The molecule has 0 saturated heterocycles. The van der Waals surface area contributed by atoms with Gasteiger partial charge in [-0.25, -0.2) is 4.39 Å². The molecule has 128 valence electrons. The van der Waals surface area contributed by atoms with Crippen molar-refractivity contribution in [2.75, 3.05) is 23.4 Å². The Morgan fingerprint density at radius 1 is 1.12 bits per heavy atom. The van der Waals surface area contributed by atoms with E-state index in [0.717, 1.165) is 40.5 Å². The zero-order chi connectivity index (χ0) is 18.1. The maximum Gasteiger partial charge on any atom is 0.132 e. The molecule has 0 unspecified atom stereocenters. The molecule has 0 aliphatic carbocycles. The van der Waals surface area contributed by atoms with Gasteiger partial charge in [-0.05, 0) is 43.7 Å². The van der Waals surface area contributed by atoms with Crippen LogP contribution >= 0.6 is 0 Å². The minimum atomic E-state index is -0.220. The molecule has 0 aromatic heterocycles. The maximum absolute atomic E-state index is 14.5. The Labute approximate surface area is 149 Å². The largest absolute Gasteiger partial charge is 0.344 e. The molecule has 3 rings (SSSR count). The first-order chi connectivity index (χ1) is 12.0. The zero-order valence-electron chi connectivity index (χ0n) is 15.0. The van der Waals surface area contributed by atoms with Gasteiger partial charge in [0.05, 0.1) is 5.69 Å². The van der Waals surface area contributed by atoms with Crippen molar-refractivity contribution in [3.8, 4) is 0 Å². The van der Waals surface area contributed by atoms with E-state index in [1.165, 1.54) is 6.07 Å². The summed E-state index contributed by atoms with van der Waals surface area (Å²) in [6.45, 7) is 13.4. The molecule has 1 heterocycles. The van der Waals surface area contributed by atoms with Crippen molar-refractivity contribution in [1.29, 1.82) is 0 Å². The van der Waals surface area contributed by atoms with E-state index in [1.54, 1.807) is 6.07 Å². The van der Waals surface area contributed by atoms with Crippen LogP contribution in [0.15, 0.2) is 78.7 Å². The smallest absolute Gasteiger partial charge is 0.132 e. The van der Waals surface area contributed by atoms with Crippen LogP contribution < -0.4 is 9.80 Å². The minimum absolute atomic E-state index is 0.220. The molecule has 3 heteroatoms. The second-order valence-corrected chi connectivity index (χ2v) is 6.17. The number of hydrogen-bond acceptors (Lipinski definition) is 2. The third-order valence-electron chi connectivity index (χ3n) is 4.79. The maximum atomic E-state index is 14.5. The fourth-order valence-electron chi connectivity index (χ4n) is 3.47. The van der Waals surface area contributed by atoms with Gasteiger partial charge in [0.25, 0.3) is 0 Å². The van der Waals surface area contributed by atoms with Crippen molar-refractivity contribution in [2.24, 2.45) is 0 Å². The van der Waals surface area contributed by atoms with Gasteiger partial charge in [-0.3, -0.25) is 0 Å². The molecular formula is C22H23FN2. The Balaban J connectivity index is 2.15. The Kier molecular flexibility index (Phi) is 4.49. The molecular weight excluding hydrogens is 311 g/mol. The lowest BCUT2D eigenvalue weighted by Crippen LogP contribution is -2.30. The number of nitrogens with zero attached hydrogens (tertiary/aromatic N) is 2. The number of anilines is 2. The molecule has 1 aliphatic rings. The number of para-hydroxylation sites is 1. The Bertz CT molecular complexity index is 865. The number of halogens is 1. The molecule has 0 amide bonds. The van der Waals surface area contributed by atoms with Gasteiger partial charge < -0.3 is 9.80 Å². The molecule has 25 heavy (non-hydrogen) atoms. The van der Waals surface area contributed by atoms with Gasteiger partial charge in [-0.2, -0.15) is 0 Å². The van der Waals surface area contributed by atoms with Crippen LogP contribution in [0.5, 0.6) is 0 Å². The first-order valence-corrected chi connectivity index (χ1v) is 8.42. The molecule has 0 fully saturated rings. The SMILES string of the molecule is C=C1C(C(=C)N(CC)c2ccccc2)=C(C)c2c(F)cccc2N1C. The topological polar surface area (TPSA) is 6.48 Å². The van der Waals surface area contributed by atoms with E-state index in [4.69, 9.17) is 0 Å². The van der Waals surface area contributed by atoms with Crippen LogP contribution in [-0.2, 0) is 0 Å². The number of benzene rings is 2. The van der Waals surface area contributed by atoms with Crippen LogP contribution in [0.4, 0.5) is 15.8 Å². The van der Waals surface area contributed by atoms with Crippen LogP contribution in [0, 0.1) is 5.82 Å². The number of allylic oxidation sites excluding steroid dienone is 1. The van der Waals surface area contributed by atoms with Crippen molar-refractivity contribution >= 4 is 16.9 Å². The summed E-state index contributed by atoms with van der Waals surface area (Å²) in [5, 5.41) is 0. The molecule has 0 saturated carbocycles. The van der Waals surface area contributed by atoms with Crippen molar-refractivity contribution < 1.29 is 4.39 Å². The summed E-state index contributed by atoms with van der Waals surface area (Å²) in [5.74, 6) is -0.220. The highest BCUT2D eigenvalue weighted by atomic mass is 19.1. The molecule has 0 radical (unpaired) electrons. The lowest BCUT2D eigenvalue weighted by molar-refractivity contribution is 0.623. The summed E-state index contributed by atoms with van der Waals surface area (Å²) in [6, 6.07) is 15.2. The molecule has 2 nitrogen and oxygen atoms in total. The third kappa shape index (κ3) is 2.76. The molecule has 0 atom stereocenters. The van der Waals surface area contributed by atoms with E-state index in [1.807, 2.05) is 43.1 Å². The van der Waals surface area contributed by atoms with Gasteiger partial charge in [-0.15, -0.1) is 0 Å². The second kappa shape index (κ2) is 6.60. The monoisotopic (exact) mass is 334 g/mol. The molecule has 2 aromatic carbocycles. The van der Waals surface area contributed by atoms with E-state index in [2.05, 4.69) is 37.1 Å².